The maximum Gasteiger partial charge on any atom is 0.277 e. The van der Waals surface area contributed by atoms with Crippen LogP contribution in [0.4, 0.5) is 5.69 Å². The Morgan fingerprint density at radius 1 is 1.10 bits per heavy atom. The van der Waals surface area contributed by atoms with E-state index in [9.17, 15) is 14.9 Å². The second-order valence-corrected chi connectivity index (χ2v) is 4.18. The number of aldehydes is 1. The Balaban J connectivity index is 2.24. The third kappa shape index (κ3) is 1.87. The SMILES string of the molecule is O=Cc1cc2c(cc1-c1ccccc1[N+](=O)[O-])OCO2. The molecule has 0 radical (unpaired) electrons. The average molecular weight is 271 g/mol. The summed E-state index contributed by atoms with van der Waals surface area (Å²) in [6.45, 7) is 0.0773. The van der Waals surface area contributed by atoms with Crippen LogP contribution < -0.4 is 9.47 Å². The number of benzene rings is 2. The molecule has 2 aromatic rings. The van der Waals surface area contributed by atoms with Gasteiger partial charge in [-0.2, -0.15) is 0 Å². The van der Waals surface area contributed by atoms with Crippen LogP contribution >= 0.6 is 0 Å². The van der Waals surface area contributed by atoms with Crippen molar-refractivity contribution in [3.63, 3.8) is 0 Å². The van der Waals surface area contributed by atoms with Crippen LogP contribution in [-0.4, -0.2) is 18.0 Å². The molecule has 3 rings (SSSR count). The van der Waals surface area contributed by atoms with E-state index in [1.165, 1.54) is 12.1 Å². The highest BCUT2D eigenvalue weighted by Crippen LogP contribution is 2.40. The summed E-state index contributed by atoms with van der Waals surface area (Å²) in [5.74, 6) is 0.943. The number of fused-ring (bicyclic) bond motifs is 1. The normalized spacial score (nSPS) is 12.2. The lowest BCUT2D eigenvalue weighted by atomic mass is 9.98. The van der Waals surface area contributed by atoms with Crippen LogP contribution in [0.2, 0.25) is 0 Å². The van der Waals surface area contributed by atoms with Gasteiger partial charge in [0.05, 0.1) is 10.5 Å². The van der Waals surface area contributed by atoms with E-state index in [-0.39, 0.29) is 12.5 Å². The van der Waals surface area contributed by atoms with Crippen LogP contribution in [0.1, 0.15) is 10.4 Å². The molecule has 20 heavy (non-hydrogen) atoms. The summed E-state index contributed by atoms with van der Waals surface area (Å²) in [6.07, 6.45) is 0.647. The largest absolute Gasteiger partial charge is 0.454 e. The summed E-state index contributed by atoms with van der Waals surface area (Å²) in [7, 11) is 0. The topological polar surface area (TPSA) is 78.7 Å². The van der Waals surface area contributed by atoms with Gasteiger partial charge in [-0.05, 0) is 18.2 Å². The zero-order valence-corrected chi connectivity index (χ0v) is 10.2. The van der Waals surface area contributed by atoms with Gasteiger partial charge in [-0.3, -0.25) is 14.9 Å². The van der Waals surface area contributed by atoms with E-state index in [0.29, 0.717) is 34.5 Å². The molecule has 0 aromatic heterocycles. The van der Waals surface area contributed by atoms with Gasteiger partial charge in [-0.15, -0.1) is 0 Å². The number of rotatable bonds is 3. The molecule has 0 amide bonds. The number of carbonyl (C=O) groups excluding carboxylic acids is 1. The lowest BCUT2D eigenvalue weighted by Gasteiger charge is -2.07. The summed E-state index contributed by atoms with van der Waals surface area (Å²) in [5.41, 5.74) is 1.09. The van der Waals surface area contributed by atoms with E-state index in [1.807, 2.05) is 0 Å². The summed E-state index contributed by atoms with van der Waals surface area (Å²) in [5, 5.41) is 11.1. The standard InChI is InChI=1S/C14H9NO5/c16-7-9-5-13-14(20-8-19-13)6-11(9)10-3-1-2-4-12(10)15(17)18/h1-7H,8H2. The van der Waals surface area contributed by atoms with Crippen molar-refractivity contribution in [1.29, 1.82) is 0 Å². The van der Waals surface area contributed by atoms with E-state index >= 15 is 0 Å². The van der Waals surface area contributed by atoms with Gasteiger partial charge in [-0.25, -0.2) is 0 Å². The van der Waals surface area contributed by atoms with Crippen molar-refractivity contribution in [3.8, 4) is 22.6 Å². The Hall–Kier alpha value is -2.89. The fourth-order valence-electron chi connectivity index (χ4n) is 2.15. The van der Waals surface area contributed by atoms with E-state index < -0.39 is 4.92 Å². The first-order valence-corrected chi connectivity index (χ1v) is 5.83. The molecule has 6 nitrogen and oxygen atoms in total. The van der Waals surface area contributed by atoms with E-state index in [0.717, 1.165) is 0 Å². The van der Waals surface area contributed by atoms with Gasteiger partial charge < -0.3 is 9.47 Å². The minimum Gasteiger partial charge on any atom is -0.454 e. The Bertz CT molecular complexity index is 711. The predicted molar refractivity (Wildman–Crippen MR) is 70.0 cm³/mol. The minimum atomic E-state index is -0.478. The summed E-state index contributed by atoms with van der Waals surface area (Å²) in [4.78, 5) is 21.8. The van der Waals surface area contributed by atoms with Crippen LogP contribution in [0.3, 0.4) is 0 Å². The highest BCUT2D eigenvalue weighted by Gasteiger charge is 2.22. The predicted octanol–water partition coefficient (Wildman–Crippen LogP) is 2.80. The van der Waals surface area contributed by atoms with Crippen LogP contribution in [0.25, 0.3) is 11.1 Å². The summed E-state index contributed by atoms with van der Waals surface area (Å²) < 4.78 is 10.4. The third-order valence-electron chi connectivity index (χ3n) is 3.06. The van der Waals surface area contributed by atoms with Gasteiger partial charge in [-0.1, -0.05) is 12.1 Å². The first-order chi connectivity index (χ1) is 9.70. The van der Waals surface area contributed by atoms with Crippen molar-refractivity contribution in [2.45, 2.75) is 0 Å². The van der Waals surface area contributed by atoms with Crippen LogP contribution in [0.15, 0.2) is 36.4 Å². The number of nitrogens with zero attached hydrogens (tertiary/aromatic N) is 1. The van der Waals surface area contributed by atoms with Gasteiger partial charge in [0.1, 0.15) is 0 Å². The summed E-state index contributed by atoms with van der Waals surface area (Å²) in [6, 6.07) is 9.38. The molecule has 1 aliphatic rings. The molecule has 1 aliphatic heterocycles. The molecule has 2 aromatic carbocycles. The molecule has 1 heterocycles. The third-order valence-corrected chi connectivity index (χ3v) is 3.06. The molecular formula is C14H9NO5. The summed E-state index contributed by atoms with van der Waals surface area (Å²) >= 11 is 0. The molecule has 0 bridgehead atoms. The van der Waals surface area contributed by atoms with Crippen LogP contribution in [-0.2, 0) is 0 Å². The lowest BCUT2D eigenvalue weighted by molar-refractivity contribution is -0.384. The smallest absolute Gasteiger partial charge is 0.277 e. The molecule has 6 heteroatoms. The molecule has 0 N–H and O–H groups in total. The first kappa shape index (κ1) is 12.2. The number of para-hydroxylation sites is 1. The van der Waals surface area contributed by atoms with Crippen molar-refractivity contribution >= 4 is 12.0 Å². The lowest BCUT2D eigenvalue weighted by Crippen LogP contribution is -1.94. The second kappa shape index (κ2) is 4.65. The Morgan fingerprint density at radius 3 is 2.50 bits per heavy atom. The Labute approximate surface area is 113 Å². The molecule has 0 saturated carbocycles. The van der Waals surface area contributed by atoms with E-state index in [4.69, 9.17) is 9.47 Å². The van der Waals surface area contributed by atoms with E-state index in [1.54, 1.807) is 24.3 Å². The highest BCUT2D eigenvalue weighted by atomic mass is 16.7. The average Bonchev–Trinajstić information content (AvgIpc) is 2.93. The number of hydrogen-bond acceptors (Lipinski definition) is 5. The molecule has 0 unspecified atom stereocenters. The van der Waals surface area contributed by atoms with Crippen LogP contribution in [0.5, 0.6) is 11.5 Å². The van der Waals surface area contributed by atoms with Crippen molar-refractivity contribution in [3.05, 3.63) is 52.1 Å². The number of carbonyl (C=O) groups is 1. The Kier molecular flexibility index (Phi) is 2.83. The van der Waals surface area contributed by atoms with Gasteiger partial charge in [0.2, 0.25) is 6.79 Å². The molecule has 0 saturated heterocycles. The quantitative estimate of drug-likeness (QED) is 0.487. The van der Waals surface area contributed by atoms with Gasteiger partial charge in [0.15, 0.2) is 17.8 Å². The maximum atomic E-state index is 11.2. The van der Waals surface area contributed by atoms with Crippen LogP contribution in [0, 0.1) is 10.1 Å². The molecule has 0 spiro atoms. The molecule has 0 aliphatic carbocycles. The Morgan fingerprint density at radius 2 is 1.80 bits per heavy atom. The highest BCUT2D eigenvalue weighted by molar-refractivity contribution is 5.92. The van der Waals surface area contributed by atoms with Gasteiger partial charge in [0, 0.05) is 17.2 Å². The minimum absolute atomic E-state index is 0.0607. The van der Waals surface area contributed by atoms with Crippen molar-refractivity contribution in [2.24, 2.45) is 0 Å². The molecular weight excluding hydrogens is 262 g/mol. The second-order valence-electron chi connectivity index (χ2n) is 4.18. The molecule has 0 fully saturated rings. The number of nitro groups is 1. The van der Waals surface area contributed by atoms with Crippen molar-refractivity contribution in [2.75, 3.05) is 6.79 Å². The first-order valence-electron chi connectivity index (χ1n) is 5.83. The fraction of sp³-hybridized carbons (Fsp3) is 0.0714. The van der Waals surface area contributed by atoms with Gasteiger partial charge in [0.25, 0.3) is 5.69 Å². The zero-order chi connectivity index (χ0) is 14.1. The monoisotopic (exact) mass is 271 g/mol. The molecule has 0 atom stereocenters. The van der Waals surface area contributed by atoms with Gasteiger partial charge >= 0.3 is 0 Å². The maximum absolute atomic E-state index is 11.2. The number of ether oxygens (including phenoxy) is 2. The van der Waals surface area contributed by atoms with E-state index in [2.05, 4.69) is 0 Å². The molecule has 100 valence electrons. The number of hydrogen-bond donors (Lipinski definition) is 0. The fourth-order valence-corrected chi connectivity index (χ4v) is 2.15. The van der Waals surface area contributed by atoms with Crippen molar-refractivity contribution in [1.82, 2.24) is 0 Å². The van der Waals surface area contributed by atoms with Crippen molar-refractivity contribution < 1.29 is 19.2 Å². The zero-order valence-electron chi connectivity index (χ0n) is 10.2. The number of nitro benzene ring substituents is 1.